The molecule has 0 saturated heterocycles. The Balaban J connectivity index is 2.56. The SMILES string of the molecule is CCNC(CCCOCC)c1ccccc1F. The number of hydrogen-bond donors (Lipinski definition) is 1. The summed E-state index contributed by atoms with van der Waals surface area (Å²) in [5.41, 5.74) is 0.755. The van der Waals surface area contributed by atoms with Gasteiger partial charge in [0.1, 0.15) is 5.82 Å². The molecule has 0 heterocycles. The highest BCUT2D eigenvalue weighted by molar-refractivity contribution is 5.21. The molecule has 0 amide bonds. The van der Waals surface area contributed by atoms with Gasteiger partial charge < -0.3 is 10.1 Å². The van der Waals surface area contributed by atoms with E-state index in [1.54, 1.807) is 6.07 Å². The zero-order valence-corrected chi connectivity index (χ0v) is 10.7. The third-order valence-corrected chi connectivity index (χ3v) is 2.72. The van der Waals surface area contributed by atoms with E-state index in [0.29, 0.717) is 0 Å². The van der Waals surface area contributed by atoms with Gasteiger partial charge in [-0.05, 0) is 32.4 Å². The van der Waals surface area contributed by atoms with Crippen molar-refractivity contribution in [2.75, 3.05) is 19.8 Å². The summed E-state index contributed by atoms with van der Waals surface area (Å²) in [6, 6.07) is 7.06. The minimum Gasteiger partial charge on any atom is -0.382 e. The van der Waals surface area contributed by atoms with Crippen LogP contribution in [-0.2, 0) is 4.74 Å². The average Bonchev–Trinajstić information content (AvgIpc) is 2.34. The van der Waals surface area contributed by atoms with E-state index < -0.39 is 0 Å². The summed E-state index contributed by atoms with van der Waals surface area (Å²) in [4.78, 5) is 0. The van der Waals surface area contributed by atoms with Crippen molar-refractivity contribution in [1.29, 1.82) is 0 Å². The van der Waals surface area contributed by atoms with E-state index in [4.69, 9.17) is 4.74 Å². The molecule has 0 bridgehead atoms. The number of nitrogens with one attached hydrogen (secondary N) is 1. The lowest BCUT2D eigenvalue weighted by atomic mass is 10.0. The van der Waals surface area contributed by atoms with Crippen LogP contribution in [0.15, 0.2) is 24.3 Å². The van der Waals surface area contributed by atoms with Crippen molar-refractivity contribution in [2.45, 2.75) is 32.7 Å². The van der Waals surface area contributed by atoms with Gasteiger partial charge in [-0.2, -0.15) is 0 Å². The van der Waals surface area contributed by atoms with Gasteiger partial charge in [-0.3, -0.25) is 0 Å². The molecular formula is C14H22FNO. The smallest absolute Gasteiger partial charge is 0.127 e. The van der Waals surface area contributed by atoms with E-state index in [0.717, 1.165) is 38.2 Å². The third kappa shape index (κ3) is 4.84. The van der Waals surface area contributed by atoms with Crippen LogP contribution in [0.25, 0.3) is 0 Å². The first-order valence-corrected chi connectivity index (χ1v) is 6.35. The van der Waals surface area contributed by atoms with Crippen LogP contribution in [0.3, 0.4) is 0 Å². The van der Waals surface area contributed by atoms with Gasteiger partial charge in [-0.25, -0.2) is 4.39 Å². The standard InChI is InChI=1S/C14H22FNO/c1-3-16-14(10-7-11-17-4-2)12-8-5-6-9-13(12)15/h5-6,8-9,14,16H,3-4,7,10-11H2,1-2H3. The number of rotatable bonds is 8. The van der Waals surface area contributed by atoms with E-state index in [2.05, 4.69) is 5.32 Å². The highest BCUT2D eigenvalue weighted by Gasteiger charge is 2.13. The highest BCUT2D eigenvalue weighted by atomic mass is 19.1. The van der Waals surface area contributed by atoms with E-state index in [-0.39, 0.29) is 11.9 Å². The van der Waals surface area contributed by atoms with Gasteiger partial charge in [0, 0.05) is 24.8 Å². The summed E-state index contributed by atoms with van der Waals surface area (Å²) < 4.78 is 19.0. The minimum absolute atomic E-state index is 0.0849. The fourth-order valence-corrected chi connectivity index (χ4v) is 1.91. The van der Waals surface area contributed by atoms with Gasteiger partial charge in [0.25, 0.3) is 0 Å². The molecule has 1 atom stereocenters. The van der Waals surface area contributed by atoms with E-state index in [1.165, 1.54) is 6.07 Å². The topological polar surface area (TPSA) is 21.3 Å². The lowest BCUT2D eigenvalue weighted by Gasteiger charge is -2.18. The second kappa shape index (κ2) is 8.20. The summed E-state index contributed by atoms with van der Waals surface area (Å²) in [7, 11) is 0. The Morgan fingerprint density at radius 3 is 2.71 bits per heavy atom. The van der Waals surface area contributed by atoms with Crippen LogP contribution in [0, 0.1) is 5.82 Å². The number of benzene rings is 1. The van der Waals surface area contributed by atoms with Crippen LogP contribution in [0.4, 0.5) is 4.39 Å². The summed E-state index contributed by atoms with van der Waals surface area (Å²) in [6.45, 7) is 6.35. The molecule has 1 aromatic carbocycles. The first-order chi connectivity index (χ1) is 8.29. The van der Waals surface area contributed by atoms with Crippen LogP contribution in [0.2, 0.25) is 0 Å². The normalized spacial score (nSPS) is 12.6. The van der Waals surface area contributed by atoms with Crippen LogP contribution >= 0.6 is 0 Å². The van der Waals surface area contributed by atoms with Crippen LogP contribution in [-0.4, -0.2) is 19.8 Å². The largest absolute Gasteiger partial charge is 0.382 e. The van der Waals surface area contributed by atoms with Gasteiger partial charge in [0.2, 0.25) is 0 Å². The maximum Gasteiger partial charge on any atom is 0.127 e. The minimum atomic E-state index is -0.130. The molecule has 0 aliphatic carbocycles. The second-order valence-electron chi connectivity index (χ2n) is 3.97. The summed E-state index contributed by atoms with van der Waals surface area (Å²) >= 11 is 0. The van der Waals surface area contributed by atoms with Gasteiger partial charge in [0.15, 0.2) is 0 Å². The van der Waals surface area contributed by atoms with Crippen LogP contribution in [0.5, 0.6) is 0 Å². The van der Waals surface area contributed by atoms with Crippen LogP contribution < -0.4 is 5.32 Å². The maximum atomic E-state index is 13.7. The Hall–Kier alpha value is -0.930. The van der Waals surface area contributed by atoms with Gasteiger partial charge in [-0.1, -0.05) is 25.1 Å². The maximum absolute atomic E-state index is 13.7. The Bertz CT molecular complexity index is 317. The molecule has 1 rings (SSSR count). The first-order valence-electron chi connectivity index (χ1n) is 6.35. The molecule has 1 aromatic rings. The molecule has 96 valence electrons. The number of ether oxygens (including phenoxy) is 1. The Morgan fingerprint density at radius 1 is 1.29 bits per heavy atom. The fraction of sp³-hybridized carbons (Fsp3) is 0.571. The van der Waals surface area contributed by atoms with Gasteiger partial charge in [-0.15, -0.1) is 0 Å². The molecule has 0 spiro atoms. The summed E-state index contributed by atoms with van der Waals surface area (Å²) in [5, 5.41) is 3.32. The molecule has 3 heteroatoms. The lowest BCUT2D eigenvalue weighted by molar-refractivity contribution is 0.140. The molecule has 1 N–H and O–H groups in total. The highest BCUT2D eigenvalue weighted by Crippen LogP contribution is 2.21. The van der Waals surface area contributed by atoms with Crippen LogP contribution in [0.1, 0.15) is 38.3 Å². The van der Waals surface area contributed by atoms with E-state index in [1.807, 2.05) is 26.0 Å². The van der Waals surface area contributed by atoms with Crippen molar-refractivity contribution in [3.05, 3.63) is 35.6 Å². The average molecular weight is 239 g/mol. The molecule has 17 heavy (non-hydrogen) atoms. The van der Waals surface area contributed by atoms with Gasteiger partial charge >= 0.3 is 0 Å². The third-order valence-electron chi connectivity index (χ3n) is 2.72. The Kier molecular flexibility index (Phi) is 6.82. The molecule has 0 radical (unpaired) electrons. The molecule has 0 fully saturated rings. The van der Waals surface area contributed by atoms with E-state index in [9.17, 15) is 4.39 Å². The summed E-state index contributed by atoms with van der Waals surface area (Å²) in [6.07, 6.45) is 1.84. The lowest BCUT2D eigenvalue weighted by Crippen LogP contribution is -2.22. The molecular weight excluding hydrogens is 217 g/mol. The van der Waals surface area contributed by atoms with Gasteiger partial charge in [0.05, 0.1) is 0 Å². The molecule has 1 unspecified atom stereocenters. The van der Waals surface area contributed by atoms with Crippen molar-refractivity contribution in [1.82, 2.24) is 5.32 Å². The molecule has 0 aliphatic heterocycles. The number of halogens is 1. The molecule has 0 aliphatic rings. The monoisotopic (exact) mass is 239 g/mol. The van der Waals surface area contributed by atoms with Crippen molar-refractivity contribution >= 4 is 0 Å². The second-order valence-corrected chi connectivity index (χ2v) is 3.97. The van der Waals surface area contributed by atoms with Crippen molar-refractivity contribution in [3.63, 3.8) is 0 Å². The molecule has 2 nitrogen and oxygen atoms in total. The predicted octanol–water partition coefficient (Wildman–Crippen LogP) is 3.29. The Morgan fingerprint density at radius 2 is 2.06 bits per heavy atom. The predicted molar refractivity (Wildman–Crippen MR) is 68.5 cm³/mol. The summed E-state index contributed by atoms with van der Waals surface area (Å²) in [5.74, 6) is -0.130. The van der Waals surface area contributed by atoms with Crippen molar-refractivity contribution in [2.24, 2.45) is 0 Å². The zero-order chi connectivity index (χ0) is 12.5. The number of hydrogen-bond acceptors (Lipinski definition) is 2. The first kappa shape index (κ1) is 14.1. The zero-order valence-electron chi connectivity index (χ0n) is 10.7. The van der Waals surface area contributed by atoms with E-state index >= 15 is 0 Å². The quantitative estimate of drug-likeness (QED) is 0.703. The van der Waals surface area contributed by atoms with Crippen molar-refractivity contribution < 1.29 is 9.13 Å². The fourth-order valence-electron chi connectivity index (χ4n) is 1.91. The molecule has 0 saturated carbocycles. The molecule has 0 aromatic heterocycles. The Labute approximate surface area is 103 Å². The van der Waals surface area contributed by atoms with Crippen molar-refractivity contribution in [3.8, 4) is 0 Å².